The van der Waals surface area contributed by atoms with Crippen molar-refractivity contribution in [1.82, 2.24) is 4.90 Å². The second-order valence-corrected chi connectivity index (χ2v) is 6.19. The maximum atomic E-state index is 10.4. The summed E-state index contributed by atoms with van der Waals surface area (Å²) in [4.78, 5) is 2.41. The van der Waals surface area contributed by atoms with Gasteiger partial charge in [0.25, 0.3) is 0 Å². The minimum Gasteiger partial charge on any atom is -0.493 e. The summed E-state index contributed by atoms with van der Waals surface area (Å²) in [6.07, 6.45) is 6.92. The SMILES string of the molecule is COc1ccc(C(O)CCN(C)C2CCCCC2)cc1OC. The van der Waals surface area contributed by atoms with Crippen molar-refractivity contribution < 1.29 is 14.6 Å². The van der Waals surface area contributed by atoms with Crippen LogP contribution in [-0.2, 0) is 0 Å². The molecule has 124 valence electrons. The van der Waals surface area contributed by atoms with E-state index in [1.165, 1.54) is 32.1 Å². The molecule has 0 bridgehead atoms. The van der Waals surface area contributed by atoms with Crippen LogP contribution in [0.2, 0.25) is 0 Å². The molecule has 1 aliphatic rings. The number of benzene rings is 1. The summed E-state index contributed by atoms with van der Waals surface area (Å²) < 4.78 is 10.5. The highest BCUT2D eigenvalue weighted by atomic mass is 16.5. The molecule has 4 heteroatoms. The molecule has 1 fully saturated rings. The zero-order valence-electron chi connectivity index (χ0n) is 14.0. The number of aliphatic hydroxyl groups is 1. The standard InChI is InChI=1S/C18H29NO3/c1-19(15-7-5-4-6-8-15)12-11-16(20)14-9-10-17(21-2)18(13-14)22-3/h9-10,13,15-16,20H,4-8,11-12H2,1-3H3. The first-order valence-electron chi connectivity index (χ1n) is 8.26. The van der Waals surface area contributed by atoms with Crippen molar-refractivity contribution in [3.8, 4) is 11.5 Å². The van der Waals surface area contributed by atoms with Gasteiger partial charge in [0.05, 0.1) is 20.3 Å². The molecule has 2 rings (SSSR count). The summed E-state index contributed by atoms with van der Waals surface area (Å²) in [5.41, 5.74) is 0.884. The minimum atomic E-state index is -0.467. The number of hydrogen-bond acceptors (Lipinski definition) is 4. The first-order valence-corrected chi connectivity index (χ1v) is 8.26. The molecule has 0 aliphatic heterocycles. The molecule has 1 aliphatic carbocycles. The van der Waals surface area contributed by atoms with Crippen molar-refractivity contribution in [3.05, 3.63) is 23.8 Å². The summed E-state index contributed by atoms with van der Waals surface area (Å²) in [5, 5.41) is 10.4. The van der Waals surface area contributed by atoms with Crippen LogP contribution >= 0.6 is 0 Å². The predicted molar refractivity (Wildman–Crippen MR) is 88.6 cm³/mol. The van der Waals surface area contributed by atoms with E-state index in [-0.39, 0.29) is 0 Å². The van der Waals surface area contributed by atoms with Crippen molar-refractivity contribution in [3.63, 3.8) is 0 Å². The molecule has 1 unspecified atom stereocenters. The fourth-order valence-electron chi connectivity index (χ4n) is 3.26. The first kappa shape index (κ1) is 17.1. The van der Waals surface area contributed by atoms with Gasteiger partial charge in [-0.1, -0.05) is 25.3 Å². The lowest BCUT2D eigenvalue weighted by Crippen LogP contribution is -2.34. The topological polar surface area (TPSA) is 41.9 Å². The molecule has 4 nitrogen and oxygen atoms in total. The van der Waals surface area contributed by atoms with Crippen LogP contribution in [0.4, 0.5) is 0 Å². The molecule has 22 heavy (non-hydrogen) atoms. The third-order valence-electron chi connectivity index (χ3n) is 4.75. The lowest BCUT2D eigenvalue weighted by molar-refractivity contribution is 0.125. The molecular formula is C18H29NO3. The summed E-state index contributed by atoms with van der Waals surface area (Å²) in [6, 6.07) is 6.31. The molecule has 1 aromatic rings. The number of ether oxygens (including phenoxy) is 2. The fourth-order valence-corrected chi connectivity index (χ4v) is 3.26. The Balaban J connectivity index is 1.89. The largest absolute Gasteiger partial charge is 0.493 e. The first-order chi connectivity index (χ1) is 10.7. The van der Waals surface area contributed by atoms with E-state index in [1.807, 2.05) is 18.2 Å². The molecule has 1 N–H and O–H groups in total. The molecule has 0 aromatic heterocycles. The van der Waals surface area contributed by atoms with Gasteiger partial charge in [0, 0.05) is 12.6 Å². The van der Waals surface area contributed by atoms with Gasteiger partial charge in [-0.3, -0.25) is 0 Å². The highest BCUT2D eigenvalue weighted by molar-refractivity contribution is 5.43. The molecule has 1 aromatic carbocycles. The van der Waals surface area contributed by atoms with Crippen molar-refractivity contribution in [2.24, 2.45) is 0 Å². The summed E-state index contributed by atoms with van der Waals surface area (Å²) in [5.74, 6) is 1.36. The highest BCUT2D eigenvalue weighted by Gasteiger charge is 2.19. The summed E-state index contributed by atoms with van der Waals surface area (Å²) in [6.45, 7) is 0.917. The van der Waals surface area contributed by atoms with E-state index in [1.54, 1.807) is 14.2 Å². The van der Waals surface area contributed by atoms with Gasteiger partial charge in [0.15, 0.2) is 11.5 Å². The van der Waals surface area contributed by atoms with E-state index in [2.05, 4.69) is 11.9 Å². The third-order valence-corrected chi connectivity index (χ3v) is 4.75. The molecule has 0 saturated heterocycles. The Bertz CT molecular complexity index is 458. The molecule has 0 radical (unpaired) electrons. The Labute approximate surface area is 134 Å². The molecular weight excluding hydrogens is 278 g/mol. The normalized spacial score (nSPS) is 17.5. The minimum absolute atomic E-state index is 0.467. The van der Waals surface area contributed by atoms with Gasteiger partial charge in [-0.15, -0.1) is 0 Å². The average molecular weight is 307 g/mol. The monoisotopic (exact) mass is 307 g/mol. The number of nitrogens with zero attached hydrogens (tertiary/aromatic N) is 1. The van der Waals surface area contributed by atoms with E-state index >= 15 is 0 Å². The van der Waals surface area contributed by atoms with Gasteiger partial charge < -0.3 is 19.5 Å². The van der Waals surface area contributed by atoms with Gasteiger partial charge in [0.2, 0.25) is 0 Å². The van der Waals surface area contributed by atoms with Crippen molar-refractivity contribution in [2.75, 3.05) is 27.8 Å². The fraction of sp³-hybridized carbons (Fsp3) is 0.667. The van der Waals surface area contributed by atoms with Crippen molar-refractivity contribution >= 4 is 0 Å². The second kappa shape index (κ2) is 8.39. The third kappa shape index (κ3) is 4.37. The smallest absolute Gasteiger partial charge is 0.161 e. The number of rotatable bonds is 7. The Kier molecular flexibility index (Phi) is 6.52. The van der Waals surface area contributed by atoms with Crippen molar-refractivity contribution in [2.45, 2.75) is 50.7 Å². The lowest BCUT2D eigenvalue weighted by atomic mass is 9.94. The Morgan fingerprint density at radius 2 is 1.82 bits per heavy atom. The van der Waals surface area contributed by atoms with E-state index in [0.29, 0.717) is 17.5 Å². The van der Waals surface area contributed by atoms with E-state index in [9.17, 15) is 5.11 Å². The number of hydrogen-bond donors (Lipinski definition) is 1. The van der Waals surface area contributed by atoms with Gasteiger partial charge >= 0.3 is 0 Å². The molecule has 1 saturated carbocycles. The molecule has 0 amide bonds. The van der Waals surface area contributed by atoms with Crippen LogP contribution in [0.3, 0.4) is 0 Å². The average Bonchev–Trinajstić information content (AvgIpc) is 2.59. The predicted octanol–water partition coefficient (Wildman–Crippen LogP) is 3.39. The summed E-state index contributed by atoms with van der Waals surface area (Å²) >= 11 is 0. The highest BCUT2D eigenvalue weighted by Crippen LogP contribution is 2.31. The van der Waals surface area contributed by atoms with E-state index < -0.39 is 6.10 Å². The maximum absolute atomic E-state index is 10.4. The van der Waals surface area contributed by atoms with Crippen LogP contribution in [0.5, 0.6) is 11.5 Å². The zero-order valence-corrected chi connectivity index (χ0v) is 14.0. The van der Waals surface area contributed by atoms with Crippen molar-refractivity contribution in [1.29, 1.82) is 0 Å². The maximum Gasteiger partial charge on any atom is 0.161 e. The van der Waals surface area contributed by atoms with Crippen LogP contribution in [0.15, 0.2) is 18.2 Å². The molecule has 0 heterocycles. The van der Waals surface area contributed by atoms with Crippen LogP contribution in [-0.4, -0.2) is 43.9 Å². The summed E-state index contributed by atoms with van der Waals surface area (Å²) in [7, 11) is 5.41. The van der Waals surface area contributed by atoms with Gasteiger partial charge in [-0.05, 0) is 44.0 Å². The van der Waals surface area contributed by atoms with Gasteiger partial charge in [-0.25, -0.2) is 0 Å². The van der Waals surface area contributed by atoms with Crippen LogP contribution < -0.4 is 9.47 Å². The Morgan fingerprint density at radius 3 is 2.45 bits per heavy atom. The van der Waals surface area contributed by atoms with Crippen LogP contribution in [0, 0.1) is 0 Å². The van der Waals surface area contributed by atoms with Gasteiger partial charge in [0.1, 0.15) is 0 Å². The Morgan fingerprint density at radius 1 is 1.14 bits per heavy atom. The molecule has 1 atom stereocenters. The van der Waals surface area contributed by atoms with Crippen LogP contribution in [0.1, 0.15) is 50.2 Å². The van der Waals surface area contributed by atoms with Crippen LogP contribution in [0.25, 0.3) is 0 Å². The quantitative estimate of drug-likeness (QED) is 0.838. The van der Waals surface area contributed by atoms with Gasteiger partial charge in [-0.2, -0.15) is 0 Å². The Hall–Kier alpha value is -1.26. The van der Waals surface area contributed by atoms with E-state index in [4.69, 9.17) is 9.47 Å². The number of methoxy groups -OCH3 is 2. The second-order valence-electron chi connectivity index (χ2n) is 6.19. The van der Waals surface area contributed by atoms with E-state index in [0.717, 1.165) is 18.5 Å². The number of aliphatic hydroxyl groups excluding tert-OH is 1. The zero-order chi connectivity index (χ0) is 15.9. The lowest BCUT2D eigenvalue weighted by Gasteiger charge is -2.31. The molecule has 0 spiro atoms.